The summed E-state index contributed by atoms with van der Waals surface area (Å²) in [5, 5.41) is 0.695. The molecule has 0 saturated carbocycles. The predicted molar refractivity (Wildman–Crippen MR) is 97.5 cm³/mol. The Morgan fingerprint density at radius 1 is 1.24 bits per heavy atom. The van der Waals surface area contributed by atoms with Gasteiger partial charge in [-0.1, -0.05) is 23.7 Å². The van der Waals surface area contributed by atoms with Crippen LogP contribution in [0.4, 0.5) is 0 Å². The summed E-state index contributed by atoms with van der Waals surface area (Å²) in [7, 11) is 0. The van der Waals surface area contributed by atoms with Crippen molar-refractivity contribution in [2.24, 2.45) is 0 Å². The molecule has 25 heavy (non-hydrogen) atoms. The molecule has 0 bridgehead atoms. The monoisotopic (exact) mass is 357 g/mol. The molecule has 0 radical (unpaired) electrons. The second-order valence-corrected chi connectivity index (χ2v) is 6.98. The van der Waals surface area contributed by atoms with E-state index in [2.05, 4.69) is 4.98 Å². The van der Waals surface area contributed by atoms with Crippen LogP contribution in [0.25, 0.3) is 5.52 Å². The first-order valence-electron chi connectivity index (χ1n) is 8.53. The molecule has 0 aliphatic carbocycles. The van der Waals surface area contributed by atoms with Crippen LogP contribution in [-0.2, 0) is 11.3 Å². The molecule has 1 aromatic carbocycles. The van der Waals surface area contributed by atoms with Gasteiger partial charge < -0.3 is 9.30 Å². The van der Waals surface area contributed by atoms with E-state index < -0.39 is 0 Å². The fraction of sp³-hybridized carbons (Fsp3) is 0.368. The van der Waals surface area contributed by atoms with Gasteiger partial charge in [0.15, 0.2) is 0 Å². The minimum absolute atomic E-state index is 0.0132. The minimum Gasteiger partial charge on any atom is -0.381 e. The number of nitrogens with zero attached hydrogens (tertiary/aromatic N) is 3. The van der Waals surface area contributed by atoms with E-state index in [0.717, 1.165) is 43.1 Å². The van der Waals surface area contributed by atoms with Crippen LogP contribution >= 0.6 is 11.6 Å². The van der Waals surface area contributed by atoms with Crippen LogP contribution in [0.2, 0.25) is 5.02 Å². The lowest BCUT2D eigenvalue weighted by atomic mass is 10.00. The van der Waals surface area contributed by atoms with Gasteiger partial charge in [-0.3, -0.25) is 9.20 Å². The molecule has 3 aromatic rings. The molecule has 1 aliphatic rings. The summed E-state index contributed by atoms with van der Waals surface area (Å²) in [5.41, 5.74) is 2.57. The summed E-state index contributed by atoms with van der Waals surface area (Å²) in [6, 6.07) is 7.58. The minimum atomic E-state index is -0.0132. The maximum atomic E-state index is 13.0. The first-order chi connectivity index (χ1) is 12.1. The number of aromatic nitrogens is 3. The molecule has 4 rings (SSSR count). The van der Waals surface area contributed by atoms with Gasteiger partial charge in [0, 0.05) is 36.0 Å². The van der Waals surface area contributed by atoms with E-state index in [0.29, 0.717) is 23.0 Å². The average Bonchev–Trinajstić information content (AvgIpc) is 3.05. The van der Waals surface area contributed by atoms with Gasteiger partial charge >= 0.3 is 0 Å². The van der Waals surface area contributed by atoms with E-state index in [1.165, 1.54) is 0 Å². The molecule has 6 heteroatoms. The highest BCUT2D eigenvalue weighted by molar-refractivity contribution is 6.30. The molecule has 0 atom stereocenters. The zero-order chi connectivity index (χ0) is 17.4. The molecular weight excluding hydrogens is 338 g/mol. The van der Waals surface area contributed by atoms with Crippen LogP contribution in [-0.4, -0.2) is 27.2 Å². The Balaban J connectivity index is 1.74. The average molecular weight is 358 g/mol. The first kappa shape index (κ1) is 16.4. The lowest BCUT2D eigenvalue weighted by Gasteiger charge is -2.21. The quantitative estimate of drug-likeness (QED) is 0.721. The Kier molecular flexibility index (Phi) is 4.36. The van der Waals surface area contributed by atoms with Crippen molar-refractivity contribution < 1.29 is 4.74 Å². The van der Waals surface area contributed by atoms with E-state index in [1.807, 2.05) is 41.8 Å². The maximum absolute atomic E-state index is 13.0. The highest BCUT2D eigenvalue weighted by Gasteiger charge is 2.21. The van der Waals surface area contributed by atoms with Gasteiger partial charge in [0.05, 0.1) is 12.7 Å². The predicted octanol–water partition coefficient (Wildman–Crippen LogP) is 3.40. The van der Waals surface area contributed by atoms with Crippen molar-refractivity contribution in [1.82, 2.24) is 14.0 Å². The lowest BCUT2D eigenvalue weighted by molar-refractivity contribution is 0.0835. The van der Waals surface area contributed by atoms with Crippen LogP contribution in [0, 0.1) is 6.92 Å². The number of hydrogen-bond donors (Lipinski definition) is 0. The third-order valence-corrected chi connectivity index (χ3v) is 5.12. The van der Waals surface area contributed by atoms with Crippen molar-refractivity contribution in [2.45, 2.75) is 32.2 Å². The zero-order valence-corrected chi connectivity index (χ0v) is 14.9. The second kappa shape index (κ2) is 6.65. The summed E-state index contributed by atoms with van der Waals surface area (Å²) < 4.78 is 9.19. The second-order valence-electron chi connectivity index (χ2n) is 6.55. The first-order valence-corrected chi connectivity index (χ1v) is 8.91. The van der Waals surface area contributed by atoms with Crippen molar-refractivity contribution >= 4 is 17.1 Å². The van der Waals surface area contributed by atoms with Crippen molar-refractivity contribution in [3.63, 3.8) is 0 Å². The highest BCUT2D eigenvalue weighted by atomic mass is 35.5. The summed E-state index contributed by atoms with van der Waals surface area (Å²) >= 11 is 5.94. The highest BCUT2D eigenvalue weighted by Crippen LogP contribution is 2.26. The largest absolute Gasteiger partial charge is 0.381 e. The summed E-state index contributed by atoms with van der Waals surface area (Å²) in [5.74, 6) is 1.32. The van der Waals surface area contributed by atoms with E-state index in [4.69, 9.17) is 16.3 Å². The molecule has 130 valence electrons. The van der Waals surface area contributed by atoms with E-state index in [1.54, 1.807) is 10.8 Å². The summed E-state index contributed by atoms with van der Waals surface area (Å²) in [6.45, 7) is 4.00. The maximum Gasteiger partial charge on any atom is 0.276 e. The Labute approximate surface area is 150 Å². The third-order valence-electron chi connectivity index (χ3n) is 4.87. The molecule has 5 nitrogen and oxygen atoms in total. The molecule has 0 amide bonds. The fourth-order valence-electron chi connectivity index (χ4n) is 3.45. The Morgan fingerprint density at radius 2 is 1.96 bits per heavy atom. The number of hydrogen-bond acceptors (Lipinski definition) is 3. The number of halogens is 1. The van der Waals surface area contributed by atoms with Crippen molar-refractivity contribution in [3.8, 4) is 0 Å². The number of rotatable bonds is 3. The summed E-state index contributed by atoms with van der Waals surface area (Å²) in [6.07, 6.45) is 5.62. The smallest absolute Gasteiger partial charge is 0.276 e. The number of fused-ring (bicyclic) bond motifs is 1. The van der Waals surface area contributed by atoms with Crippen LogP contribution < -0.4 is 5.56 Å². The summed E-state index contributed by atoms with van der Waals surface area (Å²) in [4.78, 5) is 17.5. The molecular formula is C19H20ClN3O2. The van der Waals surface area contributed by atoms with E-state index in [-0.39, 0.29) is 5.56 Å². The van der Waals surface area contributed by atoms with Gasteiger partial charge in [0.1, 0.15) is 11.3 Å². The van der Waals surface area contributed by atoms with Crippen LogP contribution in [0.5, 0.6) is 0 Å². The molecule has 0 spiro atoms. The molecule has 1 aliphatic heterocycles. The Hall–Kier alpha value is -2.11. The molecule has 1 saturated heterocycles. The van der Waals surface area contributed by atoms with E-state index >= 15 is 0 Å². The topological polar surface area (TPSA) is 48.5 Å². The van der Waals surface area contributed by atoms with Crippen LogP contribution in [0.15, 0.2) is 41.5 Å². The molecule has 1 fully saturated rings. The van der Waals surface area contributed by atoms with Crippen molar-refractivity contribution in [2.75, 3.05) is 13.2 Å². The van der Waals surface area contributed by atoms with Gasteiger partial charge in [-0.25, -0.2) is 4.98 Å². The van der Waals surface area contributed by atoms with E-state index in [9.17, 15) is 4.79 Å². The van der Waals surface area contributed by atoms with Gasteiger partial charge in [-0.2, -0.15) is 0 Å². The number of ether oxygens (including phenoxy) is 1. The zero-order valence-electron chi connectivity index (χ0n) is 14.1. The number of imidazole rings is 1. The number of benzene rings is 1. The van der Waals surface area contributed by atoms with Gasteiger partial charge in [0.25, 0.3) is 5.56 Å². The molecule has 3 heterocycles. The lowest BCUT2D eigenvalue weighted by Crippen LogP contribution is -2.25. The van der Waals surface area contributed by atoms with Crippen LogP contribution in [0.1, 0.15) is 35.8 Å². The van der Waals surface area contributed by atoms with Gasteiger partial charge in [-0.15, -0.1) is 0 Å². The van der Waals surface area contributed by atoms with Crippen molar-refractivity contribution in [1.29, 1.82) is 0 Å². The van der Waals surface area contributed by atoms with Crippen LogP contribution in [0.3, 0.4) is 0 Å². The number of aryl methyl sites for hydroxylation is 1. The standard InChI is InChI=1S/C19H20ClN3O2/c1-13-11-23-17(10-21-18(23)15-6-8-25-9-7-15)19(24)22(13)12-14-2-4-16(20)5-3-14/h2-5,10-11,15H,6-9,12H2,1H3. The third kappa shape index (κ3) is 3.10. The fourth-order valence-corrected chi connectivity index (χ4v) is 3.58. The normalized spacial score (nSPS) is 15.8. The Morgan fingerprint density at radius 3 is 2.68 bits per heavy atom. The molecule has 2 aromatic heterocycles. The van der Waals surface area contributed by atoms with Gasteiger partial charge in [-0.05, 0) is 37.5 Å². The Bertz CT molecular complexity index is 953. The molecule has 0 N–H and O–H groups in total. The van der Waals surface area contributed by atoms with Gasteiger partial charge in [0.2, 0.25) is 0 Å². The molecule has 0 unspecified atom stereocenters. The SMILES string of the molecule is Cc1cn2c(C3CCOCC3)ncc2c(=O)n1Cc1ccc(Cl)cc1. The van der Waals surface area contributed by atoms with Crippen molar-refractivity contribution in [3.05, 3.63) is 69.1 Å².